The molecule has 0 aliphatic heterocycles. The molecule has 0 spiro atoms. The van der Waals surface area contributed by atoms with Crippen molar-refractivity contribution in [2.75, 3.05) is 0 Å². The molecule has 0 aliphatic rings. The number of alkyl halides is 1. The van der Waals surface area contributed by atoms with Crippen molar-refractivity contribution in [1.29, 1.82) is 0 Å². The lowest BCUT2D eigenvalue weighted by Crippen LogP contribution is -2.21. The van der Waals surface area contributed by atoms with Crippen LogP contribution in [0.2, 0.25) is 0 Å². The molecule has 2 aromatic rings. The molecule has 0 fully saturated rings. The topological polar surface area (TPSA) is 29.1 Å². The van der Waals surface area contributed by atoms with E-state index in [1.54, 1.807) is 0 Å². The predicted octanol–water partition coefficient (Wildman–Crippen LogP) is 4.03. The van der Waals surface area contributed by atoms with Crippen LogP contribution in [0.25, 0.3) is 0 Å². The summed E-state index contributed by atoms with van der Waals surface area (Å²) in [6.45, 7) is 4.58. The fourth-order valence-electron chi connectivity index (χ4n) is 1.78. The van der Waals surface area contributed by atoms with Gasteiger partial charge in [-0.1, -0.05) is 24.3 Å². The summed E-state index contributed by atoms with van der Waals surface area (Å²) >= 11 is 7.32. The molecule has 0 bridgehead atoms. The summed E-state index contributed by atoms with van der Waals surface area (Å²) in [5.74, 6) is 0.475. The van der Waals surface area contributed by atoms with Crippen LogP contribution in [0.15, 0.2) is 30.3 Å². The number of rotatable bonds is 4. The average molecular weight is 294 g/mol. The zero-order valence-corrected chi connectivity index (χ0v) is 12.6. The molecule has 100 valence electrons. The highest BCUT2D eigenvalue weighted by molar-refractivity contribution is 7.14. The highest BCUT2D eigenvalue weighted by Gasteiger charge is 2.09. The molecule has 19 heavy (non-hydrogen) atoms. The monoisotopic (exact) mass is 293 g/mol. The second-order valence-electron chi connectivity index (χ2n) is 4.49. The third kappa shape index (κ3) is 3.58. The molecule has 0 aliphatic carbocycles. The van der Waals surface area contributed by atoms with E-state index in [9.17, 15) is 4.79 Å². The van der Waals surface area contributed by atoms with E-state index >= 15 is 0 Å². The van der Waals surface area contributed by atoms with E-state index in [2.05, 4.69) is 5.32 Å². The number of nitrogens with one attached hydrogen (secondary N) is 1. The van der Waals surface area contributed by atoms with Crippen molar-refractivity contribution in [1.82, 2.24) is 5.32 Å². The van der Waals surface area contributed by atoms with E-state index in [0.717, 1.165) is 16.0 Å². The summed E-state index contributed by atoms with van der Waals surface area (Å²) in [5.41, 5.74) is 3.30. The Kier molecular flexibility index (Phi) is 4.61. The molecule has 4 heteroatoms. The van der Waals surface area contributed by atoms with Gasteiger partial charge in [0, 0.05) is 17.3 Å². The summed E-state index contributed by atoms with van der Waals surface area (Å²) in [7, 11) is 0. The van der Waals surface area contributed by atoms with E-state index in [0.29, 0.717) is 12.4 Å². The Labute approximate surface area is 122 Å². The molecule has 1 N–H and O–H groups in total. The van der Waals surface area contributed by atoms with Gasteiger partial charge in [-0.05, 0) is 36.6 Å². The van der Waals surface area contributed by atoms with Crippen LogP contribution in [-0.2, 0) is 12.4 Å². The number of carbonyl (C=O) groups is 1. The first kappa shape index (κ1) is 14.1. The van der Waals surface area contributed by atoms with Crippen LogP contribution in [0.3, 0.4) is 0 Å². The molecule has 0 saturated heterocycles. The van der Waals surface area contributed by atoms with Gasteiger partial charge in [0.05, 0.1) is 4.88 Å². The van der Waals surface area contributed by atoms with E-state index in [-0.39, 0.29) is 5.91 Å². The van der Waals surface area contributed by atoms with Gasteiger partial charge in [0.25, 0.3) is 5.91 Å². The lowest BCUT2D eigenvalue weighted by molar-refractivity contribution is 0.0955. The van der Waals surface area contributed by atoms with E-state index < -0.39 is 0 Å². The number of hydrogen-bond acceptors (Lipinski definition) is 2. The Hall–Kier alpha value is -1.32. The fourth-order valence-corrected chi connectivity index (χ4v) is 2.89. The largest absolute Gasteiger partial charge is 0.347 e. The molecule has 1 heterocycles. The standard InChI is InChI=1S/C15H16ClNOS/c1-10-6-14(19-11(10)2)15(18)17-9-13-5-3-4-12(7-13)8-16/h3-7H,8-9H2,1-2H3,(H,17,18). The number of benzene rings is 1. The smallest absolute Gasteiger partial charge is 0.261 e. The summed E-state index contributed by atoms with van der Waals surface area (Å²) in [6, 6.07) is 9.87. The summed E-state index contributed by atoms with van der Waals surface area (Å²) in [6.07, 6.45) is 0. The summed E-state index contributed by atoms with van der Waals surface area (Å²) in [5, 5.41) is 2.94. The molecule has 0 radical (unpaired) electrons. The molecule has 1 aromatic heterocycles. The van der Waals surface area contributed by atoms with Crippen molar-refractivity contribution in [3.05, 3.63) is 56.8 Å². The quantitative estimate of drug-likeness (QED) is 0.847. The lowest BCUT2D eigenvalue weighted by Gasteiger charge is -2.05. The van der Waals surface area contributed by atoms with Gasteiger partial charge >= 0.3 is 0 Å². The molecule has 2 rings (SSSR count). The van der Waals surface area contributed by atoms with Crippen molar-refractivity contribution in [2.45, 2.75) is 26.3 Å². The van der Waals surface area contributed by atoms with Gasteiger partial charge in [-0.25, -0.2) is 0 Å². The van der Waals surface area contributed by atoms with Crippen LogP contribution >= 0.6 is 22.9 Å². The summed E-state index contributed by atoms with van der Waals surface area (Å²) in [4.78, 5) is 14.0. The second kappa shape index (κ2) is 6.22. The molecular weight excluding hydrogens is 278 g/mol. The third-order valence-corrected chi connectivity index (χ3v) is 4.45. The average Bonchev–Trinajstić information content (AvgIpc) is 2.76. The predicted molar refractivity (Wildman–Crippen MR) is 81.0 cm³/mol. The first-order valence-corrected chi connectivity index (χ1v) is 7.44. The van der Waals surface area contributed by atoms with Crippen LogP contribution in [0.1, 0.15) is 31.2 Å². The second-order valence-corrected chi connectivity index (χ2v) is 6.01. The van der Waals surface area contributed by atoms with Crippen molar-refractivity contribution in [2.24, 2.45) is 0 Å². The molecule has 0 saturated carbocycles. The maximum atomic E-state index is 12.0. The van der Waals surface area contributed by atoms with Crippen molar-refractivity contribution in [3.8, 4) is 0 Å². The van der Waals surface area contributed by atoms with Gasteiger partial charge < -0.3 is 5.32 Å². The maximum absolute atomic E-state index is 12.0. The maximum Gasteiger partial charge on any atom is 0.261 e. The highest BCUT2D eigenvalue weighted by Crippen LogP contribution is 2.20. The third-order valence-electron chi connectivity index (χ3n) is 2.99. The number of hydrogen-bond donors (Lipinski definition) is 1. The molecule has 0 atom stereocenters. The van der Waals surface area contributed by atoms with Crippen molar-refractivity contribution < 1.29 is 4.79 Å². The minimum atomic E-state index is -0.0162. The Morgan fingerprint density at radius 2 is 2.00 bits per heavy atom. The minimum Gasteiger partial charge on any atom is -0.347 e. The van der Waals surface area contributed by atoms with Gasteiger partial charge in [-0.2, -0.15) is 0 Å². The molecule has 1 aromatic carbocycles. The number of halogens is 1. The van der Waals surface area contributed by atoms with Gasteiger partial charge in [0.1, 0.15) is 0 Å². The fraction of sp³-hybridized carbons (Fsp3) is 0.267. The zero-order chi connectivity index (χ0) is 13.8. The van der Waals surface area contributed by atoms with E-state index in [1.807, 2.05) is 44.2 Å². The SMILES string of the molecule is Cc1cc(C(=O)NCc2cccc(CCl)c2)sc1C. The van der Waals surface area contributed by atoms with Crippen molar-refractivity contribution in [3.63, 3.8) is 0 Å². The van der Waals surface area contributed by atoms with E-state index in [1.165, 1.54) is 21.8 Å². The number of aryl methyl sites for hydroxylation is 2. The van der Waals surface area contributed by atoms with Gasteiger partial charge in [-0.15, -0.1) is 22.9 Å². The van der Waals surface area contributed by atoms with Crippen LogP contribution < -0.4 is 5.32 Å². The number of carbonyl (C=O) groups excluding carboxylic acids is 1. The van der Waals surface area contributed by atoms with Gasteiger partial charge in [0.15, 0.2) is 0 Å². The summed E-state index contributed by atoms with van der Waals surface area (Å²) < 4.78 is 0. The molecular formula is C15H16ClNOS. The normalized spacial score (nSPS) is 10.5. The van der Waals surface area contributed by atoms with Crippen LogP contribution in [0.4, 0.5) is 0 Å². The Morgan fingerprint density at radius 1 is 1.26 bits per heavy atom. The van der Waals surface area contributed by atoms with Crippen molar-refractivity contribution >= 4 is 28.8 Å². The highest BCUT2D eigenvalue weighted by atomic mass is 35.5. The zero-order valence-electron chi connectivity index (χ0n) is 11.0. The Morgan fingerprint density at radius 3 is 2.63 bits per heavy atom. The molecule has 2 nitrogen and oxygen atoms in total. The first-order valence-electron chi connectivity index (χ1n) is 6.09. The number of amides is 1. The first-order chi connectivity index (χ1) is 9.10. The van der Waals surface area contributed by atoms with Gasteiger partial charge in [-0.3, -0.25) is 4.79 Å². The van der Waals surface area contributed by atoms with E-state index in [4.69, 9.17) is 11.6 Å². The minimum absolute atomic E-state index is 0.0162. The van der Waals surface area contributed by atoms with Crippen LogP contribution in [-0.4, -0.2) is 5.91 Å². The van der Waals surface area contributed by atoms with Crippen LogP contribution in [0, 0.1) is 13.8 Å². The Balaban J connectivity index is 2.00. The molecule has 0 unspecified atom stereocenters. The lowest BCUT2D eigenvalue weighted by atomic mass is 10.1. The van der Waals surface area contributed by atoms with Gasteiger partial charge in [0.2, 0.25) is 0 Å². The Bertz CT molecular complexity index is 572. The van der Waals surface area contributed by atoms with Crippen LogP contribution in [0.5, 0.6) is 0 Å². The number of thiophene rings is 1. The molecule has 1 amide bonds.